The summed E-state index contributed by atoms with van der Waals surface area (Å²) in [6.07, 6.45) is 3.31. The van der Waals surface area contributed by atoms with Crippen molar-refractivity contribution in [2.45, 2.75) is 35.8 Å². The quantitative estimate of drug-likeness (QED) is 0.862. The van der Waals surface area contributed by atoms with E-state index in [1.54, 1.807) is 11.8 Å². The minimum atomic E-state index is -0.0177. The molecule has 1 N–H and O–H groups in total. The number of carbonyl (C=O) groups is 1. The van der Waals surface area contributed by atoms with E-state index in [4.69, 9.17) is 0 Å². The summed E-state index contributed by atoms with van der Waals surface area (Å²) in [6.45, 7) is 3.61. The highest BCUT2D eigenvalue weighted by atomic mass is 32.2. The van der Waals surface area contributed by atoms with Crippen LogP contribution < -0.4 is 0 Å². The van der Waals surface area contributed by atoms with Crippen LogP contribution in [-0.2, 0) is 4.79 Å². The highest BCUT2D eigenvalue weighted by molar-refractivity contribution is 8.00. The van der Waals surface area contributed by atoms with E-state index in [0.717, 1.165) is 36.7 Å². The first-order chi connectivity index (χ1) is 10.8. The molecule has 1 aliphatic rings. The van der Waals surface area contributed by atoms with Crippen molar-refractivity contribution in [3.8, 4) is 0 Å². The first-order valence-corrected chi connectivity index (χ1v) is 8.51. The van der Waals surface area contributed by atoms with Crippen LogP contribution in [0.5, 0.6) is 0 Å². The van der Waals surface area contributed by atoms with Crippen molar-refractivity contribution in [2.75, 3.05) is 13.1 Å². The van der Waals surface area contributed by atoms with Gasteiger partial charge in [-0.1, -0.05) is 25.1 Å². The normalized spacial score (nSPS) is 19.3. The number of rotatable bonds is 5. The fourth-order valence-corrected chi connectivity index (χ4v) is 3.83. The number of aromatic nitrogens is 3. The Morgan fingerprint density at radius 2 is 2.27 bits per heavy atom. The lowest BCUT2D eigenvalue weighted by molar-refractivity contribution is -0.129. The average molecular weight is 316 g/mol. The number of H-pyrrole nitrogens is 1. The summed E-state index contributed by atoms with van der Waals surface area (Å²) in [5.74, 6) is 1.41. The fraction of sp³-hybridized carbons (Fsp3) is 0.438. The van der Waals surface area contributed by atoms with E-state index in [0.29, 0.717) is 0 Å². The molecule has 2 heterocycles. The maximum absolute atomic E-state index is 12.8. The van der Waals surface area contributed by atoms with Gasteiger partial charge in [-0.05, 0) is 25.0 Å². The largest absolute Gasteiger partial charge is 0.341 e. The van der Waals surface area contributed by atoms with Crippen LogP contribution in [0.25, 0.3) is 0 Å². The van der Waals surface area contributed by atoms with E-state index in [2.05, 4.69) is 34.2 Å². The Hall–Kier alpha value is -1.82. The first-order valence-electron chi connectivity index (χ1n) is 7.63. The van der Waals surface area contributed by atoms with Gasteiger partial charge in [0.1, 0.15) is 12.2 Å². The molecule has 1 aromatic heterocycles. The maximum Gasteiger partial charge on any atom is 0.236 e. The zero-order chi connectivity index (χ0) is 15.4. The van der Waals surface area contributed by atoms with Gasteiger partial charge in [-0.15, -0.1) is 11.8 Å². The van der Waals surface area contributed by atoms with Gasteiger partial charge in [0, 0.05) is 23.9 Å². The molecular weight excluding hydrogens is 296 g/mol. The maximum atomic E-state index is 12.8. The van der Waals surface area contributed by atoms with Crippen molar-refractivity contribution >= 4 is 17.7 Å². The van der Waals surface area contributed by atoms with Gasteiger partial charge in [-0.3, -0.25) is 9.89 Å². The number of hydrogen-bond donors (Lipinski definition) is 1. The monoisotopic (exact) mass is 316 g/mol. The van der Waals surface area contributed by atoms with E-state index in [1.165, 1.54) is 6.33 Å². The lowest BCUT2D eigenvalue weighted by Gasteiger charge is -2.22. The van der Waals surface area contributed by atoms with Gasteiger partial charge in [-0.2, -0.15) is 5.10 Å². The summed E-state index contributed by atoms with van der Waals surface area (Å²) in [5, 5.41) is 6.80. The molecule has 6 heteroatoms. The van der Waals surface area contributed by atoms with Crippen molar-refractivity contribution in [3.05, 3.63) is 42.5 Å². The van der Waals surface area contributed by atoms with Crippen molar-refractivity contribution < 1.29 is 4.79 Å². The minimum absolute atomic E-state index is 0.0177. The van der Waals surface area contributed by atoms with Crippen LogP contribution >= 0.6 is 11.8 Å². The molecule has 1 saturated heterocycles. The molecule has 0 bridgehead atoms. The third kappa shape index (κ3) is 3.32. The molecule has 0 aliphatic carbocycles. The summed E-state index contributed by atoms with van der Waals surface area (Å²) in [4.78, 5) is 20.1. The SMILES string of the molecule is CC[C@@H](Sc1ccccc1)C(=O)N1CC[C@@H](c2ncn[nH]2)C1. The predicted molar refractivity (Wildman–Crippen MR) is 86.7 cm³/mol. The molecule has 116 valence electrons. The van der Waals surface area contributed by atoms with Gasteiger partial charge in [0.05, 0.1) is 5.25 Å². The minimum Gasteiger partial charge on any atom is -0.341 e. The Bertz CT molecular complexity index is 602. The summed E-state index contributed by atoms with van der Waals surface area (Å²) >= 11 is 1.66. The average Bonchev–Trinajstić information content (AvgIpc) is 3.23. The van der Waals surface area contributed by atoms with Gasteiger partial charge in [0.25, 0.3) is 0 Å². The van der Waals surface area contributed by atoms with Crippen LogP contribution in [0, 0.1) is 0 Å². The zero-order valence-corrected chi connectivity index (χ0v) is 13.4. The number of likely N-dealkylation sites (tertiary alicyclic amines) is 1. The number of aromatic amines is 1. The van der Waals surface area contributed by atoms with Crippen molar-refractivity contribution in [3.63, 3.8) is 0 Å². The summed E-state index contributed by atoms with van der Waals surface area (Å²) < 4.78 is 0. The third-order valence-electron chi connectivity index (χ3n) is 3.99. The van der Waals surface area contributed by atoms with Crippen LogP contribution in [-0.4, -0.2) is 44.3 Å². The molecule has 22 heavy (non-hydrogen) atoms. The number of amides is 1. The Morgan fingerprint density at radius 3 is 2.95 bits per heavy atom. The molecule has 3 rings (SSSR count). The number of nitrogens with one attached hydrogen (secondary N) is 1. The molecule has 1 aromatic carbocycles. The second-order valence-electron chi connectivity index (χ2n) is 5.47. The van der Waals surface area contributed by atoms with Crippen molar-refractivity contribution in [1.82, 2.24) is 20.1 Å². The second kappa shape index (κ2) is 6.96. The summed E-state index contributed by atoms with van der Waals surface area (Å²) in [7, 11) is 0. The molecule has 1 aliphatic heterocycles. The molecular formula is C16H20N4OS. The van der Waals surface area contributed by atoms with Crippen LogP contribution in [0.15, 0.2) is 41.6 Å². The topological polar surface area (TPSA) is 61.9 Å². The van der Waals surface area contributed by atoms with Gasteiger partial charge in [0.15, 0.2) is 0 Å². The molecule has 5 nitrogen and oxygen atoms in total. The first kappa shape index (κ1) is 15.1. The number of benzene rings is 1. The smallest absolute Gasteiger partial charge is 0.236 e. The van der Waals surface area contributed by atoms with Crippen LogP contribution in [0.3, 0.4) is 0 Å². The second-order valence-corrected chi connectivity index (χ2v) is 6.74. The lowest BCUT2D eigenvalue weighted by Crippen LogP contribution is -2.35. The number of thioether (sulfide) groups is 1. The van der Waals surface area contributed by atoms with Gasteiger partial charge in [-0.25, -0.2) is 4.98 Å². The molecule has 0 radical (unpaired) electrons. The summed E-state index contributed by atoms with van der Waals surface area (Å²) in [5.41, 5.74) is 0. The van der Waals surface area contributed by atoms with E-state index in [-0.39, 0.29) is 17.1 Å². The molecule has 1 amide bonds. The molecule has 2 atom stereocenters. The van der Waals surface area contributed by atoms with Crippen LogP contribution in [0.4, 0.5) is 0 Å². The Labute approximate surface area is 134 Å². The van der Waals surface area contributed by atoms with Crippen molar-refractivity contribution in [1.29, 1.82) is 0 Å². The highest BCUT2D eigenvalue weighted by Crippen LogP contribution is 2.30. The highest BCUT2D eigenvalue weighted by Gasteiger charge is 2.32. The Morgan fingerprint density at radius 1 is 1.45 bits per heavy atom. The predicted octanol–water partition coefficient (Wildman–Crippen LogP) is 2.69. The van der Waals surface area contributed by atoms with E-state index >= 15 is 0 Å². The van der Waals surface area contributed by atoms with E-state index < -0.39 is 0 Å². The number of nitrogens with zero attached hydrogens (tertiary/aromatic N) is 3. The molecule has 1 fully saturated rings. The Balaban J connectivity index is 1.62. The molecule has 0 unspecified atom stereocenters. The van der Waals surface area contributed by atoms with Gasteiger partial charge in [0.2, 0.25) is 5.91 Å². The molecule has 0 spiro atoms. The van der Waals surface area contributed by atoms with Crippen LogP contribution in [0.1, 0.15) is 31.5 Å². The Kier molecular flexibility index (Phi) is 4.77. The number of hydrogen-bond acceptors (Lipinski definition) is 4. The molecule has 2 aromatic rings. The molecule has 0 saturated carbocycles. The fourth-order valence-electron chi connectivity index (χ4n) is 2.77. The van der Waals surface area contributed by atoms with Crippen molar-refractivity contribution in [2.24, 2.45) is 0 Å². The van der Waals surface area contributed by atoms with Crippen LogP contribution in [0.2, 0.25) is 0 Å². The van der Waals surface area contributed by atoms with Gasteiger partial charge >= 0.3 is 0 Å². The standard InChI is InChI=1S/C16H20N4OS/c1-2-14(22-13-6-4-3-5-7-13)16(21)20-9-8-12(10-20)15-17-11-18-19-15/h3-7,11-12,14H,2,8-10H2,1H3,(H,17,18,19)/t12-,14-/m1/s1. The zero-order valence-electron chi connectivity index (χ0n) is 12.6. The van der Waals surface area contributed by atoms with Gasteiger partial charge < -0.3 is 4.90 Å². The third-order valence-corrected chi connectivity index (χ3v) is 5.35. The summed E-state index contributed by atoms with van der Waals surface area (Å²) in [6, 6.07) is 10.1. The number of carbonyl (C=O) groups excluding carboxylic acids is 1. The van der Waals surface area contributed by atoms with E-state index in [1.807, 2.05) is 23.1 Å². The lowest BCUT2D eigenvalue weighted by atomic mass is 10.1. The van der Waals surface area contributed by atoms with E-state index in [9.17, 15) is 4.79 Å².